The number of phenols is 1. The number of carbonyl (C=O) groups is 1. The van der Waals surface area contributed by atoms with Crippen LogP contribution in [0.5, 0.6) is 5.75 Å². The second kappa shape index (κ2) is 8.24. The number of rotatable bonds is 6. The number of aryl methyl sites for hydroxylation is 1. The second-order valence-corrected chi connectivity index (χ2v) is 10.3. The van der Waals surface area contributed by atoms with Crippen molar-refractivity contribution >= 4 is 5.78 Å². The number of hydrogen-bond donors (Lipinski definition) is 1. The average Bonchev–Trinajstić information content (AvgIpc) is 2.98. The molecule has 0 heterocycles. The van der Waals surface area contributed by atoms with Crippen molar-refractivity contribution in [3.05, 3.63) is 52.1 Å². The molecule has 3 nitrogen and oxygen atoms in total. The minimum Gasteiger partial charge on any atom is -0.507 e. The first-order valence-corrected chi connectivity index (χ1v) is 10.2. The van der Waals surface area contributed by atoms with E-state index >= 15 is 0 Å². The van der Waals surface area contributed by atoms with Crippen LogP contribution in [-0.4, -0.2) is 36.4 Å². The van der Waals surface area contributed by atoms with Gasteiger partial charge in [0.15, 0.2) is 5.78 Å². The number of phenolic OH excluding ortho intramolecular Hbond substituents is 1. The van der Waals surface area contributed by atoms with Crippen molar-refractivity contribution in [1.82, 2.24) is 4.90 Å². The van der Waals surface area contributed by atoms with E-state index in [0.29, 0.717) is 18.6 Å². The van der Waals surface area contributed by atoms with E-state index < -0.39 is 0 Å². The quantitative estimate of drug-likeness (QED) is 0.724. The fourth-order valence-electron chi connectivity index (χ4n) is 3.72. The van der Waals surface area contributed by atoms with E-state index in [9.17, 15) is 9.90 Å². The molecule has 1 aliphatic rings. The predicted molar refractivity (Wildman–Crippen MR) is 118 cm³/mol. The molecule has 0 spiro atoms. The Kier molecular flexibility index (Phi) is 6.60. The largest absolute Gasteiger partial charge is 0.507 e. The first-order valence-electron chi connectivity index (χ1n) is 10.2. The lowest BCUT2D eigenvalue weighted by Gasteiger charge is -2.28. The highest BCUT2D eigenvalue weighted by atomic mass is 16.3. The summed E-state index contributed by atoms with van der Waals surface area (Å²) in [4.78, 5) is 15.0. The van der Waals surface area contributed by atoms with Crippen molar-refractivity contribution in [3.63, 3.8) is 0 Å². The molecule has 154 valence electrons. The van der Waals surface area contributed by atoms with Gasteiger partial charge >= 0.3 is 0 Å². The Bertz CT molecular complexity index is 764. The third-order valence-electron chi connectivity index (χ3n) is 5.28. The Morgan fingerprint density at radius 2 is 1.57 bits per heavy atom. The summed E-state index contributed by atoms with van der Waals surface area (Å²) in [5.74, 6) is 0.635. The number of ketones is 1. The van der Waals surface area contributed by atoms with Gasteiger partial charge in [-0.15, -0.1) is 0 Å². The van der Waals surface area contributed by atoms with Crippen LogP contribution in [0.3, 0.4) is 0 Å². The maximum atomic E-state index is 12.9. The Morgan fingerprint density at radius 1 is 1.04 bits per heavy atom. The summed E-state index contributed by atoms with van der Waals surface area (Å²) in [5.41, 5.74) is 4.84. The van der Waals surface area contributed by atoms with E-state index in [-0.39, 0.29) is 16.6 Å². The van der Waals surface area contributed by atoms with Crippen molar-refractivity contribution in [2.24, 2.45) is 0 Å². The van der Waals surface area contributed by atoms with Crippen LogP contribution in [0.25, 0.3) is 0 Å². The van der Waals surface area contributed by atoms with Gasteiger partial charge in [0.1, 0.15) is 5.75 Å². The molecule has 28 heavy (non-hydrogen) atoms. The van der Waals surface area contributed by atoms with Gasteiger partial charge in [0.25, 0.3) is 0 Å². The normalized spacial score (nSPS) is 15.0. The van der Waals surface area contributed by atoms with Crippen LogP contribution >= 0.6 is 0 Å². The van der Waals surface area contributed by atoms with Gasteiger partial charge in [-0.1, -0.05) is 65.8 Å². The van der Waals surface area contributed by atoms with Crippen LogP contribution in [0.4, 0.5) is 0 Å². The lowest BCUT2D eigenvalue weighted by molar-refractivity contribution is -0.115. The smallest absolute Gasteiger partial charge is 0.159 e. The molecular formula is C25H37NO2. The maximum Gasteiger partial charge on any atom is 0.159 e. The highest BCUT2D eigenvalue weighted by molar-refractivity contribution is 5.97. The van der Waals surface area contributed by atoms with Crippen LogP contribution < -0.4 is 0 Å². The molecular weight excluding hydrogens is 346 g/mol. The molecule has 0 amide bonds. The fourth-order valence-corrected chi connectivity index (χ4v) is 3.72. The zero-order valence-corrected chi connectivity index (χ0v) is 18.9. The summed E-state index contributed by atoms with van der Waals surface area (Å²) in [6.45, 7) is 13.5. The third kappa shape index (κ3) is 5.35. The standard InChI is InChI=1S/C25H37NO2/c1-24(2,3)20-14-17(15-21(23(20)28)25(4,5)6)12-13-22(27)19-11-9-10-18(19)16-26(7)8/h9-10,14-15,28H,11-13,16H2,1-8H3. The van der Waals surface area contributed by atoms with E-state index in [4.69, 9.17) is 0 Å². The molecule has 0 unspecified atom stereocenters. The molecule has 0 aromatic heterocycles. The van der Waals surface area contributed by atoms with Gasteiger partial charge in [-0.05, 0) is 60.0 Å². The third-order valence-corrected chi connectivity index (χ3v) is 5.28. The number of benzene rings is 1. The molecule has 0 fully saturated rings. The SMILES string of the molecule is CN(C)CC1=C(C(=O)CCc2cc(C(C)(C)C)c(O)c(C(C)(C)C)c2)CC=C1. The molecule has 0 aliphatic heterocycles. The molecule has 2 rings (SSSR count). The van der Waals surface area contributed by atoms with E-state index in [1.807, 2.05) is 14.1 Å². The van der Waals surface area contributed by atoms with Gasteiger partial charge in [-0.3, -0.25) is 4.79 Å². The highest BCUT2D eigenvalue weighted by Gasteiger charge is 2.27. The van der Waals surface area contributed by atoms with Gasteiger partial charge in [-0.2, -0.15) is 0 Å². The van der Waals surface area contributed by atoms with Gasteiger partial charge in [-0.25, -0.2) is 0 Å². The number of carbonyl (C=O) groups excluding carboxylic acids is 1. The molecule has 1 aromatic rings. The summed E-state index contributed by atoms with van der Waals surface area (Å²) in [6.07, 6.45) is 6.12. The van der Waals surface area contributed by atoms with Crippen molar-refractivity contribution in [2.75, 3.05) is 20.6 Å². The van der Waals surface area contributed by atoms with E-state index in [0.717, 1.165) is 40.8 Å². The van der Waals surface area contributed by atoms with Gasteiger partial charge in [0.2, 0.25) is 0 Å². The van der Waals surface area contributed by atoms with Crippen molar-refractivity contribution in [1.29, 1.82) is 0 Å². The van der Waals surface area contributed by atoms with E-state index in [1.165, 1.54) is 0 Å². The van der Waals surface area contributed by atoms with E-state index in [2.05, 4.69) is 70.7 Å². The zero-order chi connectivity index (χ0) is 21.3. The topological polar surface area (TPSA) is 40.5 Å². The molecule has 0 saturated carbocycles. The summed E-state index contributed by atoms with van der Waals surface area (Å²) < 4.78 is 0. The molecule has 3 heteroatoms. The van der Waals surface area contributed by atoms with Crippen molar-refractivity contribution in [2.45, 2.75) is 71.6 Å². The van der Waals surface area contributed by atoms with Crippen LogP contribution in [0.2, 0.25) is 0 Å². The van der Waals surface area contributed by atoms with Crippen LogP contribution in [-0.2, 0) is 22.0 Å². The van der Waals surface area contributed by atoms with Crippen molar-refractivity contribution in [3.8, 4) is 5.75 Å². The Labute approximate surface area is 171 Å². The Hall–Kier alpha value is -1.87. The number of Topliss-reactive ketones (excluding diaryl/α,β-unsaturated/α-hetero) is 1. The number of nitrogens with zero attached hydrogens (tertiary/aromatic N) is 1. The minimum absolute atomic E-state index is 0.152. The summed E-state index contributed by atoms with van der Waals surface area (Å²) >= 11 is 0. The van der Waals surface area contributed by atoms with Crippen LogP contribution in [0.1, 0.15) is 71.1 Å². The summed E-state index contributed by atoms with van der Waals surface area (Å²) in [5, 5.41) is 10.9. The Balaban J connectivity index is 2.28. The Morgan fingerprint density at radius 3 is 2.04 bits per heavy atom. The molecule has 0 radical (unpaired) electrons. The lowest BCUT2D eigenvalue weighted by atomic mass is 9.78. The lowest BCUT2D eigenvalue weighted by Crippen LogP contribution is -2.18. The van der Waals surface area contributed by atoms with Crippen LogP contribution in [0, 0.1) is 0 Å². The molecule has 0 saturated heterocycles. The first-order chi connectivity index (χ1) is 12.8. The van der Waals surface area contributed by atoms with Gasteiger partial charge < -0.3 is 10.0 Å². The monoisotopic (exact) mass is 383 g/mol. The maximum absolute atomic E-state index is 12.9. The van der Waals surface area contributed by atoms with E-state index in [1.54, 1.807) is 0 Å². The molecule has 1 N–H and O–H groups in total. The number of aromatic hydroxyl groups is 1. The van der Waals surface area contributed by atoms with Gasteiger partial charge in [0, 0.05) is 18.5 Å². The fraction of sp³-hybridized carbons (Fsp3) is 0.560. The second-order valence-electron chi connectivity index (χ2n) is 10.3. The summed E-state index contributed by atoms with van der Waals surface area (Å²) in [7, 11) is 4.06. The average molecular weight is 384 g/mol. The minimum atomic E-state index is -0.152. The van der Waals surface area contributed by atoms with Crippen molar-refractivity contribution < 1.29 is 9.90 Å². The molecule has 1 aromatic carbocycles. The van der Waals surface area contributed by atoms with Crippen LogP contribution in [0.15, 0.2) is 35.4 Å². The molecule has 0 atom stereocenters. The zero-order valence-electron chi connectivity index (χ0n) is 18.9. The number of allylic oxidation sites excluding steroid dienone is 2. The predicted octanol–water partition coefficient (Wildman–Crippen LogP) is 5.31. The van der Waals surface area contributed by atoms with Gasteiger partial charge in [0.05, 0.1) is 0 Å². The number of hydrogen-bond acceptors (Lipinski definition) is 3. The number of likely N-dealkylation sites (N-methyl/N-ethyl adjacent to an activating group) is 1. The first kappa shape index (κ1) is 22.4. The highest BCUT2D eigenvalue weighted by Crippen LogP contribution is 2.40. The molecule has 1 aliphatic carbocycles. The molecule has 0 bridgehead atoms. The summed E-state index contributed by atoms with van der Waals surface area (Å²) in [6, 6.07) is 4.17.